The maximum absolute atomic E-state index is 12.5. The highest BCUT2D eigenvalue weighted by molar-refractivity contribution is 7.92. The summed E-state index contributed by atoms with van der Waals surface area (Å²) in [6, 6.07) is 3.88. The van der Waals surface area contributed by atoms with Crippen LogP contribution in [0.5, 0.6) is 0 Å². The molecule has 1 rings (SSSR count). The zero-order valence-corrected chi connectivity index (χ0v) is 12.3. The van der Waals surface area contributed by atoms with E-state index in [4.69, 9.17) is 5.26 Å². The molecular formula is C13H15F3N2O2S. The van der Waals surface area contributed by atoms with Gasteiger partial charge in [0, 0.05) is 0 Å². The number of nitrogens with one attached hydrogen (secondary N) is 1. The Kier molecular flexibility index (Phi) is 5.23. The van der Waals surface area contributed by atoms with Gasteiger partial charge in [-0.2, -0.15) is 18.4 Å². The average Bonchev–Trinajstić information content (AvgIpc) is 2.35. The number of alkyl halides is 3. The number of anilines is 1. The molecule has 4 nitrogen and oxygen atoms in total. The number of nitriles is 1. The Morgan fingerprint density at radius 1 is 1.33 bits per heavy atom. The fourth-order valence-corrected chi connectivity index (χ4v) is 2.91. The quantitative estimate of drug-likeness (QED) is 0.904. The Bertz CT molecular complexity index is 646. The van der Waals surface area contributed by atoms with Crippen LogP contribution in [0.4, 0.5) is 18.9 Å². The van der Waals surface area contributed by atoms with Crippen LogP contribution in [-0.4, -0.2) is 14.2 Å². The number of sulfonamides is 1. The van der Waals surface area contributed by atoms with E-state index in [1.807, 2.05) is 13.8 Å². The van der Waals surface area contributed by atoms with E-state index >= 15 is 0 Å². The number of nitrogens with zero attached hydrogens (tertiary/aromatic N) is 1. The van der Waals surface area contributed by atoms with Crippen LogP contribution in [0.15, 0.2) is 18.2 Å². The van der Waals surface area contributed by atoms with E-state index in [2.05, 4.69) is 4.72 Å². The van der Waals surface area contributed by atoms with E-state index in [-0.39, 0.29) is 22.9 Å². The second-order valence-corrected chi connectivity index (χ2v) is 6.82. The van der Waals surface area contributed by atoms with Gasteiger partial charge in [0.1, 0.15) is 6.07 Å². The lowest BCUT2D eigenvalue weighted by Gasteiger charge is -2.12. The second-order valence-electron chi connectivity index (χ2n) is 4.97. The van der Waals surface area contributed by atoms with E-state index in [0.29, 0.717) is 12.5 Å². The molecule has 1 N–H and O–H groups in total. The highest BCUT2D eigenvalue weighted by Crippen LogP contribution is 2.31. The van der Waals surface area contributed by atoms with Gasteiger partial charge in [-0.05, 0) is 30.5 Å². The lowest BCUT2D eigenvalue weighted by atomic mass is 10.1. The molecule has 0 fully saturated rings. The minimum absolute atomic E-state index is 0.144. The summed E-state index contributed by atoms with van der Waals surface area (Å²) in [5.41, 5.74) is -1.50. The zero-order chi connectivity index (χ0) is 16.3. The fourth-order valence-electron chi connectivity index (χ4n) is 1.51. The van der Waals surface area contributed by atoms with Crippen molar-refractivity contribution in [3.05, 3.63) is 29.3 Å². The highest BCUT2D eigenvalue weighted by Gasteiger charge is 2.31. The monoisotopic (exact) mass is 320 g/mol. The molecule has 0 aliphatic carbocycles. The maximum atomic E-state index is 12.5. The first kappa shape index (κ1) is 17.3. The fraction of sp³-hybridized carbons (Fsp3) is 0.462. The minimum Gasteiger partial charge on any atom is -0.282 e. The first-order chi connectivity index (χ1) is 9.55. The van der Waals surface area contributed by atoms with Crippen LogP contribution in [0, 0.1) is 17.2 Å². The van der Waals surface area contributed by atoms with Crippen molar-refractivity contribution in [1.82, 2.24) is 0 Å². The third-order valence-corrected chi connectivity index (χ3v) is 4.00. The first-order valence-corrected chi connectivity index (χ1v) is 7.82. The molecule has 0 unspecified atom stereocenters. The SMILES string of the molecule is CC(C)CCS(=O)(=O)Nc1ccc(C(F)(F)F)cc1C#N. The molecule has 116 valence electrons. The normalized spacial score (nSPS) is 12.2. The van der Waals surface area contributed by atoms with Crippen molar-refractivity contribution in [1.29, 1.82) is 5.26 Å². The summed E-state index contributed by atoms with van der Waals surface area (Å²) in [5, 5.41) is 8.87. The molecule has 0 spiro atoms. The van der Waals surface area contributed by atoms with E-state index in [0.717, 1.165) is 12.1 Å². The number of halogens is 3. The van der Waals surface area contributed by atoms with Crippen molar-refractivity contribution in [2.75, 3.05) is 10.5 Å². The Balaban J connectivity index is 3.02. The van der Waals surface area contributed by atoms with Gasteiger partial charge in [0.2, 0.25) is 10.0 Å². The van der Waals surface area contributed by atoms with Crippen LogP contribution in [-0.2, 0) is 16.2 Å². The number of rotatable bonds is 5. The summed E-state index contributed by atoms with van der Waals surface area (Å²) in [6.07, 6.45) is -4.17. The predicted octanol–water partition coefficient (Wildman–Crippen LogP) is 3.36. The van der Waals surface area contributed by atoms with Crippen molar-refractivity contribution in [3.8, 4) is 6.07 Å². The van der Waals surface area contributed by atoms with E-state index in [9.17, 15) is 21.6 Å². The Morgan fingerprint density at radius 3 is 2.43 bits per heavy atom. The highest BCUT2D eigenvalue weighted by atomic mass is 32.2. The van der Waals surface area contributed by atoms with Crippen molar-refractivity contribution >= 4 is 15.7 Å². The molecule has 0 radical (unpaired) electrons. The molecule has 0 bridgehead atoms. The molecule has 1 aromatic rings. The molecule has 0 atom stereocenters. The molecule has 0 heterocycles. The zero-order valence-electron chi connectivity index (χ0n) is 11.5. The van der Waals surface area contributed by atoms with Crippen LogP contribution in [0.2, 0.25) is 0 Å². The largest absolute Gasteiger partial charge is 0.416 e. The number of hydrogen-bond donors (Lipinski definition) is 1. The summed E-state index contributed by atoms with van der Waals surface area (Å²) < 4.78 is 63.4. The second kappa shape index (κ2) is 6.35. The Hall–Kier alpha value is -1.75. The molecule has 0 aromatic heterocycles. The first-order valence-electron chi connectivity index (χ1n) is 6.17. The van der Waals surface area contributed by atoms with Crippen molar-refractivity contribution in [3.63, 3.8) is 0 Å². The summed E-state index contributed by atoms with van der Waals surface area (Å²) in [4.78, 5) is 0. The molecule has 1 aromatic carbocycles. The Morgan fingerprint density at radius 2 is 1.95 bits per heavy atom. The molecule has 0 aliphatic rings. The van der Waals surface area contributed by atoms with Gasteiger partial charge in [-0.3, -0.25) is 4.72 Å². The third-order valence-electron chi connectivity index (χ3n) is 2.70. The topological polar surface area (TPSA) is 70.0 Å². The van der Waals surface area contributed by atoms with Crippen LogP contribution in [0.25, 0.3) is 0 Å². The Labute approximate surface area is 121 Å². The summed E-state index contributed by atoms with van der Waals surface area (Å²) in [5.74, 6) is 0.0147. The molecule has 0 amide bonds. The van der Waals surface area contributed by atoms with Gasteiger partial charge in [-0.15, -0.1) is 0 Å². The maximum Gasteiger partial charge on any atom is 0.416 e. The van der Waals surface area contributed by atoms with E-state index < -0.39 is 21.8 Å². The van der Waals surface area contributed by atoms with Crippen molar-refractivity contribution in [2.24, 2.45) is 5.92 Å². The summed E-state index contributed by atoms with van der Waals surface area (Å²) >= 11 is 0. The molecule has 0 aliphatic heterocycles. The number of hydrogen-bond acceptors (Lipinski definition) is 3. The lowest BCUT2D eigenvalue weighted by molar-refractivity contribution is -0.137. The van der Waals surface area contributed by atoms with Gasteiger partial charge >= 0.3 is 6.18 Å². The van der Waals surface area contributed by atoms with Gasteiger partial charge in [0.05, 0.1) is 22.6 Å². The third kappa shape index (κ3) is 5.27. The smallest absolute Gasteiger partial charge is 0.282 e. The number of benzene rings is 1. The van der Waals surface area contributed by atoms with Crippen LogP contribution in [0.3, 0.4) is 0 Å². The average molecular weight is 320 g/mol. The minimum atomic E-state index is -4.58. The van der Waals surface area contributed by atoms with Gasteiger partial charge in [-0.1, -0.05) is 13.8 Å². The van der Waals surface area contributed by atoms with E-state index in [1.54, 1.807) is 6.07 Å². The summed E-state index contributed by atoms with van der Waals surface area (Å²) in [6.45, 7) is 3.71. The van der Waals surface area contributed by atoms with E-state index in [1.165, 1.54) is 0 Å². The van der Waals surface area contributed by atoms with Crippen LogP contribution >= 0.6 is 0 Å². The van der Waals surface area contributed by atoms with Gasteiger partial charge < -0.3 is 0 Å². The van der Waals surface area contributed by atoms with Crippen molar-refractivity contribution in [2.45, 2.75) is 26.4 Å². The van der Waals surface area contributed by atoms with Gasteiger partial charge in [0.15, 0.2) is 0 Å². The summed E-state index contributed by atoms with van der Waals surface area (Å²) in [7, 11) is -3.69. The lowest BCUT2D eigenvalue weighted by Crippen LogP contribution is -2.19. The van der Waals surface area contributed by atoms with Crippen LogP contribution in [0.1, 0.15) is 31.4 Å². The predicted molar refractivity (Wildman–Crippen MR) is 73.0 cm³/mol. The van der Waals surface area contributed by atoms with Gasteiger partial charge in [-0.25, -0.2) is 8.42 Å². The van der Waals surface area contributed by atoms with Crippen LogP contribution < -0.4 is 4.72 Å². The van der Waals surface area contributed by atoms with Crippen molar-refractivity contribution < 1.29 is 21.6 Å². The molecule has 8 heteroatoms. The molecule has 0 saturated carbocycles. The molecule has 21 heavy (non-hydrogen) atoms. The molecule has 0 saturated heterocycles. The standard InChI is InChI=1S/C13H15F3N2O2S/c1-9(2)5-6-21(19,20)18-12-4-3-11(13(14,15)16)7-10(12)8-17/h3-4,7,9,18H,5-6H2,1-2H3. The molecular weight excluding hydrogens is 305 g/mol. The van der Waals surface area contributed by atoms with Gasteiger partial charge in [0.25, 0.3) is 0 Å².